The maximum absolute atomic E-state index is 10.9. The highest BCUT2D eigenvalue weighted by Crippen LogP contribution is 2.19. The minimum absolute atomic E-state index is 0.198. The van der Waals surface area contributed by atoms with Crippen LogP contribution in [-0.4, -0.2) is 17.4 Å². The summed E-state index contributed by atoms with van der Waals surface area (Å²) in [6.45, 7) is 1.62. The van der Waals surface area contributed by atoms with E-state index >= 15 is 0 Å². The number of rotatable bonds is 3. The Balaban J connectivity index is 2.12. The molecule has 3 nitrogen and oxygen atoms in total. The van der Waals surface area contributed by atoms with Crippen LogP contribution in [0.2, 0.25) is 0 Å². The van der Waals surface area contributed by atoms with Crippen LogP contribution in [0.25, 0.3) is 0 Å². The first-order valence-electron chi connectivity index (χ1n) is 4.29. The van der Waals surface area contributed by atoms with Crippen molar-refractivity contribution in [3.05, 3.63) is 0 Å². The molecule has 0 spiro atoms. The van der Waals surface area contributed by atoms with Gasteiger partial charge < -0.3 is 0 Å². The van der Waals surface area contributed by atoms with Crippen molar-refractivity contribution in [1.29, 1.82) is 0 Å². The number of hydrogen-bond donors (Lipinski definition) is 1. The Morgan fingerprint density at radius 1 is 1.58 bits per heavy atom. The SMILES string of the molecule is CC(Cl)C(=O)NOC1CCCC1. The van der Waals surface area contributed by atoms with Crippen molar-refractivity contribution in [3.63, 3.8) is 0 Å². The maximum Gasteiger partial charge on any atom is 0.261 e. The predicted octanol–water partition coefficient (Wildman–Crippen LogP) is 1.60. The molecule has 1 amide bonds. The first kappa shape index (κ1) is 9.81. The molecule has 1 saturated carbocycles. The second kappa shape index (κ2) is 4.67. The number of alkyl halides is 1. The first-order valence-corrected chi connectivity index (χ1v) is 4.73. The third-order valence-corrected chi connectivity index (χ3v) is 2.19. The van der Waals surface area contributed by atoms with Crippen LogP contribution in [-0.2, 0) is 9.63 Å². The molecular formula is C8H14ClNO2. The van der Waals surface area contributed by atoms with E-state index in [1.54, 1.807) is 6.92 Å². The largest absolute Gasteiger partial charge is 0.271 e. The Hall–Kier alpha value is -0.280. The van der Waals surface area contributed by atoms with Crippen LogP contribution < -0.4 is 5.48 Å². The topological polar surface area (TPSA) is 38.3 Å². The van der Waals surface area contributed by atoms with E-state index < -0.39 is 5.38 Å². The molecule has 1 unspecified atom stereocenters. The molecule has 0 aromatic rings. The fraction of sp³-hybridized carbons (Fsp3) is 0.875. The van der Waals surface area contributed by atoms with Crippen LogP contribution >= 0.6 is 11.6 Å². The minimum atomic E-state index is -0.522. The van der Waals surface area contributed by atoms with Gasteiger partial charge >= 0.3 is 0 Å². The molecule has 70 valence electrons. The highest BCUT2D eigenvalue weighted by Gasteiger charge is 2.17. The average Bonchev–Trinajstić information content (AvgIpc) is 2.51. The van der Waals surface area contributed by atoms with E-state index in [4.69, 9.17) is 16.4 Å². The summed E-state index contributed by atoms with van der Waals surface area (Å²) in [6.07, 6.45) is 4.66. The number of hydrogen-bond acceptors (Lipinski definition) is 2. The summed E-state index contributed by atoms with van der Waals surface area (Å²) < 4.78 is 0. The third-order valence-electron chi connectivity index (χ3n) is 1.99. The number of nitrogens with one attached hydrogen (secondary N) is 1. The van der Waals surface area contributed by atoms with Crippen LogP contribution in [0.4, 0.5) is 0 Å². The van der Waals surface area contributed by atoms with Crippen LogP contribution in [0.1, 0.15) is 32.6 Å². The van der Waals surface area contributed by atoms with Crippen LogP contribution in [0, 0.1) is 0 Å². The third kappa shape index (κ3) is 2.99. The van der Waals surface area contributed by atoms with Crippen molar-refractivity contribution < 1.29 is 9.63 Å². The molecule has 1 atom stereocenters. The molecule has 0 radical (unpaired) electrons. The highest BCUT2D eigenvalue weighted by molar-refractivity contribution is 6.30. The molecule has 1 N–H and O–H groups in total. The Bertz CT molecular complexity index is 155. The van der Waals surface area contributed by atoms with E-state index in [1.807, 2.05) is 0 Å². The molecule has 0 bridgehead atoms. The Morgan fingerprint density at radius 3 is 2.67 bits per heavy atom. The van der Waals surface area contributed by atoms with Crippen LogP contribution in [0.5, 0.6) is 0 Å². The number of carbonyl (C=O) groups excluding carboxylic acids is 1. The van der Waals surface area contributed by atoms with E-state index in [0.717, 1.165) is 12.8 Å². The smallest absolute Gasteiger partial charge is 0.261 e. The maximum atomic E-state index is 10.9. The zero-order valence-corrected chi connectivity index (χ0v) is 7.93. The zero-order valence-electron chi connectivity index (χ0n) is 7.18. The zero-order chi connectivity index (χ0) is 8.97. The molecule has 0 heterocycles. The molecule has 0 aromatic heterocycles. The van der Waals surface area contributed by atoms with Gasteiger partial charge in [-0.25, -0.2) is 5.48 Å². The van der Waals surface area contributed by atoms with E-state index in [0.29, 0.717) is 0 Å². The van der Waals surface area contributed by atoms with Crippen molar-refractivity contribution in [2.75, 3.05) is 0 Å². The molecule has 12 heavy (non-hydrogen) atoms. The molecule has 1 rings (SSSR count). The molecule has 1 aliphatic carbocycles. The summed E-state index contributed by atoms with van der Waals surface area (Å²) in [5.41, 5.74) is 2.35. The number of amides is 1. The van der Waals surface area contributed by atoms with E-state index in [-0.39, 0.29) is 12.0 Å². The van der Waals surface area contributed by atoms with Gasteiger partial charge in [0.05, 0.1) is 6.10 Å². The normalized spacial score (nSPS) is 20.8. The lowest BCUT2D eigenvalue weighted by Crippen LogP contribution is -2.32. The van der Waals surface area contributed by atoms with Crippen molar-refractivity contribution in [1.82, 2.24) is 5.48 Å². The molecule has 0 aromatic carbocycles. The van der Waals surface area contributed by atoms with E-state index in [1.165, 1.54) is 12.8 Å². The highest BCUT2D eigenvalue weighted by atomic mass is 35.5. The summed E-state index contributed by atoms with van der Waals surface area (Å²) in [5, 5.41) is -0.522. The lowest BCUT2D eigenvalue weighted by atomic mass is 10.3. The fourth-order valence-corrected chi connectivity index (χ4v) is 1.27. The monoisotopic (exact) mass is 191 g/mol. The second-order valence-corrected chi connectivity index (χ2v) is 3.76. The van der Waals surface area contributed by atoms with Crippen LogP contribution in [0.3, 0.4) is 0 Å². The lowest BCUT2D eigenvalue weighted by Gasteiger charge is -2.11. The first-order chi connectivity index (χ1) is 5.70. The number of halogens is 1. The lowest BCUT2D eigenvalue weighted by molar-refractivity contribution is -0.137. The van der Waals surface area contributed by atoms with Gasteiger partial charge in [0.2, 0.25) is 0 Å². The van der Waals surface area contributed by atoms with Gasteiger partial charge in [-0.15, -0.1) is 11.6 Å². The van der Waals surface area contributed by atoms with Crippen molar-refractivity contribution in [2.24, 2.45) is 0 Å². The summed E-state index contributed by atoms with van der Waals surface area (Å²) in [4.78, 5) is 16.1. The molecule has 4 heteroatoms. The van der Waals surface area contributed by atoms with Gasteiger partial charge in [-0.2, -0.15) is 0 Å². The summed E-state index contributed by atoms with van der Waals surface area (Å²) in [5.74, 6) is -0.261. The van der Waals surface area contributed by atoms with Crippen molar-refractivity contribution in [2.45, 2.75) is 44.1 Å². The van der Waals surface area contributed by atoms with Crippen molar-refractivity contribution in [3.8, 4) is 0 Å². The number of carbonyl (C=O) groups is 1. The standard InChI is InChI=1S/C8H14ClNO2/c1-6(9)8(11)10-12-7-4-2-3-5-7/h6-7H,2-5H2,1H3,(H,10,11). The van der Waals surface area contributed by atoms with Gasteiger partial charge in [-0.3, -0.25) is 9.63 Å². The predicted molar refractivity (Wildman–Crippen MR) is 46.8 cm³/mol. The summed E-state index contributed by atoms with van der Waals surface area (Å²) in [7, 11) is 0. The molecule has 0 aliphatic heterocycles. The molecule has 0 saturated heterocycles. The van der Waals surface area contributed by atoms with Gasteiger partial charge in [0.1, 0.15) is 5.38 Å². The number of hydroxylamine groups is 1. The Morgan fingerprint density at radius 2 is 2.17 bits per heavy atom. The molecular weight excluding hydrogens is 178 g/mol. The van der Waals surface area contributed by atoms with Gasteiger partial charge in [0.25, 0.3) is 5.91 Å². The van der Waals surface area contributed by atoms with E-state index in [9.17, 15) is 4.79 Å². The Labute approximate surface area is 77.4 Å². The van der Waals surface area contributed by atoms with Crippen molar-refractivity contribution >= 4 is 17.5 Å². The summed E-state index contributed by atoms with van der Waals surface area (Å²) >= 11 is 5.52. The fourth-order valence-electron chi connectivity index (χ4n) is 1.23. The summed E-state index contributed by atoms with van der Waals surface area (Å²) in [6, 6.07) is 0. The quantitative estimate of drug-likeness (QED) is 0.544. The molecule has 1 aliphatic rings. The van der Waals surface area contributed by atoms with E-state index in [2.05, 4.69) is 5.48 Å². The van der Waals surface area contributed by atoms with Gasteiger partial charge in [0, 0.05) is 0 Å². The Kier molecular flexibility index (Phi) is 3.82. The minimum Gasteiger partial charge on any atom is -0.271 e. The van der Waals surface area contributed by atoms with Crippen LogP contribution in [0.15, 0.2) is 0 Å². The van der Waals surface area contributed by atoms with Gasteiger partial charge in [-0.1, -0.05) is 12.8 Å². The van der Waals surface area contributed by atoms with Gasteiger partial charge in [0.15, 0.2) is 0 Å². The van der Waals surface area contributed by atoms with Gasteiger partial charge in [-0.05, 0) is 19.8 Å². The average molecular weight is 192 g/mol. The molecule has 1 fully saturated rings. The second-order valence-electron chi connectivity index (χ2n) is 3.11.